The summed E-state index contributed by atoms with van der Waals surface area (Å²) in [5.41, 5.74) is 1.56. The van der Waals surface area contributed by atoms with Crippen LogP contribution in [0.4, 0.5) is 0 Å². The van der Waals surface area contributed by atoms with Crippen LogP contribution in [-0.4, -0.2) is 70.7 Å². The summed E-state index contributed by atoms with van der Waals surface area (Å²) < 4.78 is 7.44. The normalized spacial score (nSPS) is 14.8. The SMILES string of the molecule is CN(C)Cc1nnc(CN2CCOCC2)n1-c1ccc(Cl)cc1C(=O)c1ccccc1Cl. The standard InChI is InChI=1S/C23H25Cl2N5O2/c1-28(2)14-21-26-27-22(15-29-9-11-32-12-10-29)30(21)20-8-7-16(24)13-18(20)23(31)17-5-3-4-6-19(17)25/h3-8,13H,9-12,14-15H2,1-2H3. The molecule has 0 aliphatic carbocycles. The van der Waals surface area contributed by atoms with Gasteiger partial charge in [-0.25, -0.2) is 0 Å². The minimum Gasteiger partial charge on any atom is -0.379 e. The quantitative estimate of drug-likeness (QED) is 0.487. The Morgan fingerprint density at radius 1 is 1.03 bits per heavy atom. The van der Waals surface area contributed by atoms with E-state index in [2.05, 4.69) is 15.1 Å². The number of ketones is 1. The van der Waals surface area contributed by atoms with Gasteiger partial charge in [0.05, 0.1) is 37.0 Å². The number of carbonyl (C=O) groups is 1. The average Bonchev–Trinajstić information content (AvgIpc) is 3.15. The van der Waals surface area contributed by atoms with E-state index in [1.54, 1.807) is 36.4 Å². The van der Waals surface area contributed by atoms with Gasteiger partial charge in [-0.2, -0.15) is 0 Å². The molecule has 0 bridgehead atoms. The van der Waals surface area contributed by atoms with Crippen molar-refractivity contribution in [1.29, 1.82) is 0 Å². The van der Waals surface area contributed by atoms with Crippen molar-refractivity contribution in [1.82, 2.24) is 24.6 Å². The van der Waals surface area contributed by atoms with Gasteiger partial charge in [0.1, 0.15) is 0 Å². The second-order valence-corrected chi connectivity index (χ2v) is 8.81. The number of ether oxygens (including phenoxy) is 1. The minimum absolute atomic E-state index is 0.199. The molecular formula is C23H25Cl2N5O2. The molecule has 9 heteroatoms. The van der Waals surface area contributed by atoms with Gasteiger partial charge in [-0.1, -0.05) is 35.3 Å². The lowest BCUT2D eigenvalue weighted by Crippen LogP contribution is -2.36. The summed E-state index contributed by atoms with van der Waals surface area (Å²) in [6.45, 7) is 4.19. The van der Waals surface area contributed by atoms with Crippen LogP contribution in [0.3, 0.4) is 0 Å². The van der Waals surface area contributed by atoms with Gasteiger partial charge in [-0.05, 0) is 44.4 Å². The third kappa shape index (κ3) is 5.03. The predicted molar refractivity (Wildman–Crippen MR) is 125 cm³/mol. The van der Waals surface area contributed by atoms with Crippen molar-refractivity contribution in [2.24, 2.45) is 0 Å². The molecule has 32 heavy (non-hydrogen) atoms. The number of nitrogens with zero attached hydrogens (tertiary/aromatic N) is 5. The zero-order valence-electron chi connectivity index (χ0n) is 18.1. The molecule has 1 aliphatic heterocycles. The Kier molecular flexibility index (Phi) is 7.23. The van der Waals surface area contributed by atoms with Gasteiger partial charge in [0.2, 0.25) is 0 Å². The molecule has 0 spiro atoms. The molecule has 2 heterocycles. The Hall–Kier alpha value is -2.29. The summed E-state index contributed by atoms with van der Waals surface area (Å²) in [5, 5.41) is 9.81. The molecule has 1 saturated heterocycles. The van der Waals surface area contributed by atoms with Gasteiger partial charge < -0.3 is 9.64 Å². The van der Waals surface area contributed by atoms with Crippen LogP contribution in [0.15, 0.2) is 42.5 Å². The Morgan fingerprint density at radius 3 is 2.47 bits per heavy atom. The van der Waals surface area contributed by atoms with Crippen molar-refractivity contribution >= 4 is 29.0 Å². The molecule has 1 fully saturated rings. The van der Waals surface area contributed by atoms with E-state index in [4.69, 9.17) is 27.9 Å². The Labute approximate surface area is 197 Å². The van der Waals surface area contributed by atoms with Crippen molar-refractivity contribution in [2.75, 3.05) is 40.4 Å². The highest BCUT2D eigenvalue weighted by molar-refractivity contribution is 6.35. The molecule has 7 nitrogen and oxygen atoms in total. The summed E-state index contributed by atoms with van der Waals surface area (Å²) in [7, 11) is 3.94. The van der Waals surface area contributed by atoms with Crippen molar-refractivity contribution in [3.05, 3.63) is 75.3 Å². The first-order valence-corrected chi connectivity index (χ1v) is 11.2. The number of morpholine rings is 1. The maximum atomic E-state index is 13.5. The van der Waals surface area contributed by atoms with E-state index in [1.807, 2.05) is 29.6 Å². The maximum Gasteiger partial charge on any atom is 0.196 e. The number of hydrogen-bond donors (Lipinski definition) is 0. The predicted octanol–water partition coefficient (Wildman–Crippen LogP) is 3.70. The van der Waals surface area contributed by atoms with Gasteiger partial charge in [0, 0.05) is 29.2 Å². The number of carbonyl (C=O) groups excluding carboxylic acids is 1. The van der Waals surface area contributed by atoms with Crippen molar-refractivity contribution in [2.45, 2.75) is 13.1 Å². The van der Waals surface area contributed by atoms with Crippen LogP contribution < -0.4 is 0 Å². The van der Waals surface area contributed by atoms with Gasteiger partial charge in [-0.15, -0.1) is 10.2 Å². The van der Waals surface area contributed by atoms with E-state index in [-0.39, 0.29) is 5.78 Å². The lowest BCUT2D eigenvalue weighted by Gasteiger charge is -2.26. The third-order valence-corrected chi connectivity index (χ3v) is 5.85. The molecule has 0 atom stereocenters. The lowest BCUT2D eigenvalue weighted by molar-refractivity contribution is 0.0328. The molecule has 4 rings (SSSR count). The highest BCUT2D eigenvalue weighted by atomic mass is 35.5. The van der Waals surface area contributed by atoms with E-state index in [9.17, 15) is 4.79 Å². The molecule has 168 valence electrons. The van der Waals surface area contributed by atoms with Gasteiger partial charge in [-0.3, -0.25) is 14.3 Å². The van der Waals surface area contributed by atoms with Gasteiger partial charge in [0.25, 0.3) is 0 Å². The number of halogens is 2. The second-order valence-electron chi connectivity index (χ2n) is 7.96. The minimum atomic E-state index is -0.199. The van der Waals surface area contributed by atoms with Gasteiger partial charge in [0.15, 0.2) is 17.4 Å². The molecule has 2 aromatic carbocycles. The van der Waals surface area contributed by atoms with Crippen LogP contribution in [0, 0.1) is 0 Å². The molecule has 3 aromatic rings. The van der Waals surface area contributed by atoms with E-state index < -0.39 is 0 Å². The fourth-order valence-corrected chi connectivity index (χ4v) is 4.15. The summed E-state index contributed by atoms with van der Waals surface area (Å²) in [6.07, 6.45) is 0. The van der Waals surface area contributed by atoms with Crippen LogP contribution >= 0.6 is 23.2 Å². The molecule has 0 unspecified atom stereocenters. The largest absolute Gasteiger partial charge is 0.379 e. The number of hydrogen-bond acceptors (Lipinski definition) is 6. The first-order chi connectivity index (χ1) is 15.4. The first-order valence-electron chi connectivity index (χ1n) is 10.4. The fraction of sp³-hybridized carbons (Fsp3) is 0.348. The highest BCUT2D eigenvalue weighted by Crippen LogP contribution is 2.28. The maximum absolute atomic E-state index is 13.5. The zero-order chi connectivity index (χ0) is 22.7. The van der Waals surface area contributed by atoms with Gasteiger partial charge >= 0.3 is 0 Å². The van der Waals surface area contributed by atoms with E-state index in [0.717, 1.165) is 24.7 Å². The molecule has 1 aliphatic rings. The van der Waals surface area contributed by atoms with Crippen LogP contribution in [0.2, 0.25) is 10.0 Å². The smallest absolute Gasteiger partial charge is 0.196 e. The second kappa shape index (κ2) is 10.1. The van der Waals surface area contributed by atoms with Crippen molar-refractivity contribution < 1.29 is 9.53 Å². The summed E-state index contributed by atoms with van der Waals surface area (Å²) >= 11 is 12.6. The Morgan fingerprint density at radius 2 is 1.75 bits per heavy atom. The van der Waals surface area contributed by atoms with Crippen LogP contribution in [0.25, 0.3) is 5.69 Å². The summed E-state index contributed by atoms with van der Waals surface area (Å²) in [4.78, 5) is 17.8. The molecule has 0 N–H and O–H groups in total. The summed E-state index contributed by atoms with van der Waals surface area (Å²) in [6, 6.07) is 12.3. The molecule has 0 radical (unpaired) electrons. The summed E-state index contributed by atoms with van der Waals surface area (Å²) in [5.74, 6) is 1.31. The van der Waals surface area contributed by atoms with Crippen LogP contribution in [-0.2, 0) is 17.8 Å². The van der Waals surface area contributed by atoms with Crippen LogP contribution in [0.5, 0.6) is 0 Å². The monoisotopic (exact) mass is 473 g/mol. The first kappa shape index (κ1) is 22.9. The number of aromatic nitrogens is 3. The van der Waals surface area contributed by atoms with E-state index in [1.165, 1.54) is 0 Å². The van der Waals surface area contributed by atoms with Crippen LogP contribution in [0.1, 0.15) is 27.6 Å². The molecule has 1 aromatic heterocycles. The van der Waals surface area contributed by atoms with E-state index >= 15 is 0 Å². The third-order valence-electron chi connectivity index (χ3n) is 5.29. The topological polar surface area (TPSA) is 63.5 Å². The number of benzene rings is 2. The molecule has 0 saturated carbocycles. The van der Waals surface area contributed by atoms with Crippen molar-refractivity contribution in [3.8, 4) is 5.69 Å². The molecular weight excluding hydrogens is 449 g/mol. The lowest BCUT2D eigenvalue weighted by atomic mass is 10.0. The molecule has 0 amide bonds. The van der Waals surface area contributed by atoms with Crippen molar-refractivity contribution in [3.63, 3.8) is 0 Å². The number of rotatable bonds is 7. The fourth-order valence-electron chi connectivity index (χ4n) is 3.75. The Bertz CT molecular complexity index is 1110. The van der Waals surface area contributed by atoms with E-state index in [0.29, 0.717) is 53.2 Å². The highest BCUT2D eigenvalue weighted by Gasteiger charge is 2.24. The zero-order valence-corrected chi connectivity index (χ0v) is 19.6. The Balaban J connectivity index is 1.82. The average molecular weight is 474 g/mol.